The standard InChI is InChI=1S/C18H13ClF4N2O3/c19-10-7-4-8-11(20)12(10)14-13(15(26)9-5-2-1-3-6-9)17(28,18(21,22)23)25-16(27)24-14/h1-8,13-14,28H,(H2,24,25,27). The summed E-state index contributed by atoms with van der Waals surface area (Å²) in [5, 5.41) is 13.6. The average molecular weight is 417 g/mol. The molecule has 0 bridgehead atoms. The summed E-state index contributed by atoms with van der Waals surface area (Å²) in [5.41, 5.74) is -4.64. The Morgan fingerprint density at radius 3 is 2.32 bits per heavy atom. The number of rotatable bonds is 3. The summed E-state index contributed by atoms with van der Waals surface area (Å²) in [6.45, 7) is 0. The second-order valence-corrected chi connectivity index (χ2v) is 6.59. The van der Waals surface area contributed by atoms with Crippen molar-refractivity contribution in [2.75, 3.05) is 0 Å². The molecule has 5 nitrogen and oxygen atoms in total. The number of halogens is 5. The predicted molar refractivity (Wildman–Crippen MR) is 91.1 cm³/mol. The van der Waals surface area contributed by atoms with Crippen LogP contribution in [0.5, 0.6) is 0 Å². The van der Waals surface area contributed by atoms with Gasteiger partial charge in [-0.25, -0.2) is 9.18 Å². The fourth-order valence-corrected chi connectivity index (χ4v) is 3.45. The highest BCUT2D eigenvalue weighted by Crippen LogP contribution is 2.45. The Morgan fingerprint density at radius 2 is 1.75 bits per heavy atom. The van der Waals surface area contributed by atoms with Crippen molar-refractivity contribution < 1.29 is 32.3 Å². The third kappa shape index (κ3) is 3.31. The molecule has 1 heterocycles. The second kappa shape index (κ2) is 7.06. The van der Waals surface area contributed by atoms with E-state index in [1.54, 1.807) is 6.07 Å². The number of benzene rings is 2. The SMILES string of the molecule is O=C1NC(c2c(F)cccc2Cl)C(C(=O)c2ccccc2)C(O)(C(F)(F)F)N1. The van der Waals surface area contributed by atoms with Crippen LogP contribution >= 0.6 is 11.6 Å². The highest BCUT2D eigenvalue weighted by Gasteiger charge is 2.66. The Labute approximate surface area is 161 Å². The maximum Gasteiger partial charge on any atom is 0.437 e. The van der Waals surface area contributed by atoms with Crippen molar-refractivity contribution >= 4 is 23.4 Å². The van der Waals surface area contributed by atoms with E-state index < -0.39 is 47.1 Å². The molecule has 0 aromatic heterocycles. The lowest BCUT2D eigenvalue weighted by molar-refractivity contribution is -0.287. The van der Waals surface area contributed by atoms with Crippen LogP contribution in [0.25, 0.3) is 0 Å². The summed E-state index contributed by atoms with van der Waals surface area (Å²) in [4.78, 5) is 24.8. The van der Waals surface area contributed by atoms with Crippen LogP contribution in [0, 0.1) is 11.7 Å². The fraction of sp³-hybridized carbons (Fsp3) is 0.222. The molecule has 0 spiro atoms. The van der Waals surface area contributed by atoms with Crippen molar-refractivity contribution in [3.8, 4) is 0 Å². The van der Waals surface area contributed by atoms with Crippen LogP contribution < -0.4 is 10.6 Å². The van der Waals surface area contributed by atoms with Crippen LogP contribution in [0.3, 0.4) is 0 Å². The van der Waals surface area contributed by atoms with Gasteiger partial charge in [0.1, 0.15) is 11.7 Å². The Kier molecular flexibility index (Phi) is 5.07. The first kappa shape index (κ1) is 20.1. The van der Waals surface area contributed by atoms with Gasteiger partial charge in [0.15, 0.2) is 5.78 Å². The zero-order valence-electron chi connectivity index (χ0n) is 13.9. The lowest BCUT2D eigenvalue weighted by Crippen LogP contribution is -2.72. The zero-order chi connectivity index (χ0) is 20.7. The van der Waals surface area contributed by atoms with Gasteiger partial charge in [0.25, 0.3) is 0 Å². The smallest absolute Gasteiger partial charge is 0.363 e. The number of hydrogen-bond acceptors (Lipinski definition) is 3. The molecule has 2 amide bonds. The van der Waals surface area contributed by atoms with Crippen LogP contribution in [-0.2, 0) is 0 Å². The molecule has 2 aromatic rings. The molecule has 1 fully saturated rings. The van der Waals surface area contributed by atoms with E-state index in [9.17, 15) is 32.3 Å². The first-order chi connectivity index (χ1) is 13.1. The molecule has 28 heavy (non-hydrogen) atoms. The van der Waals surface area contributed by atoms with Crippen molar-refractivity contribution in [3.05, 3.63) is 70.5 Å². The summed E-state index contributed by atoms with van der Waals surface area (Å²) in [5.74, 6) is -4.53. The minimum Gasteiger partial charge on any atom is -0.363 e. The monoisotopic (exact) mass is 416 g/mol. The van der Waals surface area contributed by atoms with Gasteiger partial charge in [-0.1, -0.05) is 48.0 Å². The highest BCUT2D eigenvalue weighted by molar-refractivity contribution is 6.31. The second-order valence-electron chi connectivity index (χ2n) is 6.18. The van der Waals surface area contributed by atoms with Gasteiger partial charge in [-0.2, -0.15) is 13.2 Å². The van der Waals surface area contributed by atoms with Crippen LogP contribution in [0.15, 0.2) is 48.5 Å². The van der Waals surface area contributed by atoms with Crippen LogP contribution in [0.4, 0.5) is 22.4 Å². The lowest BCUT2D eigenvalue weighted by atomic mass is 9.77. The van der Waals surface area contributed by atoms with E-state index in [1.165, 1.54) is 41.7 Å². The third-order valence-corrected chi connectivity index (χ3v) is 4.79. The number of urea groups is 1. The highest BCUT2D eigenvalue weighted by atomic mass is 35.5. The largest absolute Gasteiger partial charge is 0.437 e. The first-order valence-electron chi connectivity index (χ1n) is 7.97. The zero-order valence-corrected chi connectivity index (χ0v) is 14.7. The number of Topliss-reactive ketones (excluding diaryl/α,β-unsaturated/α-hetero) is 1. The molecule has 2 aromatic carbocycles. The minimum absolute atomic E-state index is 0.161. The van der Waals surface area contributed by atoms with Gasteiger partial charge in [-0.05, 0) is 12.1 Å². The third-order valence-electron chi connectivity index (χ3n) is 4.46. The number of ketones is 1. The maximum absolute atomic E-state index is 14.4. The number of aliphatic hydroxyl groups is 1. The van der Waals surface area contributed by atoms with Crippen LogP contribution in [0.1, 0.15) is 22.0 Å². The number of alkyl halides is 3. The van der Waals surface area contributed by atoms with Gasteiger partial charge in [0, 0.05) is 16.1 Å². The normalized spacial score (nSPS) is 25.0. The van der Waals surface area contributed by atoms with Crippen molar-refractivity contribution in [3.63, 3.8) is 0 Å². The van der Waals surface area contributed by atoms with Gasteiger partial charge in [0.05, 0.1) is 6.04 Å². The molecular weight excluding hydrogens is 404 g/mol. The molecule has 10 heteroatoms. The van der Waals surface area contributed by atoms with Crippen LogP contribution in [-0.4, -0.2) is 28.8 Å². The number of nitrogens with one attached hydrogen (secondary N) is 2. The van der Waals surface area contributed by atoms with E-state index in [4.69, 9.17) is 11.6 Å². The summed E-state index contributed by atoms with van der Waals surface area (Å²) in [6.07, 6.45) is -5.43. The van der Waals surface area contributed by atoms with Crippen LogP contribution in [0.2, 0.25) is 5.02 Å². The van der Waals surface area contributed by atoms with E-state index >= 15 is 0 Å². The van der Waals surface area contributed by atoms with E-state index in [0.29, 0.717) is 0 Å². The average Bonchev–Trinajstić information content (AvgIpc) is 2.60. The molecule has 3 N–H and O–H groups in total. The molecule has 3 atom stereocenters. The summed E-state index contributed by atoms with van der Waals surface area (Å²) in [7, 11) is 0. The number of carbonyl (C=O) groups is 2. The van der Waals surface area contributed by atoms with Crippen molar-refractivity contribution in [2.45, 2.75) is 17.9 Å². The first-order valence-corrected chi connectivity index (χ1v) is 8.35. The summed E-state index contributed by atoms with van der Waals surface area (Å²) in [6, 6.07) is 6.90. The number of carbonyl (C=O) groups excluding carboxylic acids is 2. The lowest BCUT2D eigenvalue weighted by Gasteiger charge is -2.45. The molecular formula is C18H13ClF4N2O3. The van der Waals surface area contributed by atoms with E-state index in [1.807, 2.05) is 0 Å². The molecule has 3 rings (SSSR count). The van der Waals surface area contributed by atoms with Crippen molar-refractivity contribution in [1.82, 2.24) is 10.6 Å². The molecule has 1 aliphatic heterocycles. The van der Waals surface area contributed by atoms with Crippen molar-refractivity contribution in [2.24, 2.45) is 5.92 Å². The Bertz CT molecular complexity index is 903. The van der Waals surface area contributed by atoms with Gasteiger partial charge >= 0.3 is 12.2 Å². The number of hydrogen-bond donors (Lipinski definition) is 3. The summed E-state index contributed by atoms with van der Waals surface area (Å²) >= 11 is 5.95. The molecule has 0 saturated carbocycles. The molecule has 3 unspecified atom stereocenters. The van der Waals surface area contributed by atoms with Crippen molar-refractivity contribution in [1.29, 1.82) is 0 Å². The number of amides is 2. The topological polar surface area (TPSA) is 78.4 Å². The Balaban J connectivity index is 2.23. The van der Waals surface area contributed by atoms with Gasteiger partial charge in [0.2, 0.25) is 5.72 Å². The molecule has 0 radical (unpaired) electrons. The minimum atomic E-state index is -5.43. The Morgan fingerprint density at radius 1 is 1.11 bits per heavy atom. The van der Waals surface area contributed by atoms with E-state index in [2.05, 4.69) is 5.32 Å². The quantitative estimate of drug-likeness (QED) is 0.528. The molecule has 148 valence electrons. The maximum atomic E-state index is 14.4. The van der Waals surface area contributed by atoms with Gasteiger partial charge < -0.3 is 15.7 Å². The predicted octanol–water partition coefficient (Wildman–Crippen LogP) is 3.58. The van der Waals surface area contributed by atoms with E-state index in [0.717, 1.165) is 6.07 Å². The van der Waals surface area contributed by atoms with Gasteiger partial charge in [-0.3, -0.25) is 4.79 Å². The fourth-order valence-electron chi connectivity index (χ4n) is 3.17. The Hall–Kier alpha value is -2.65. The molecule has 1 aliphatic rings. The summed E-state index contributed by atoms with van der Waals surface area (Å²) < 4.78 is 55.7. The van der Waals surface area contributed by atoms with E-state index in [-0.39, 0.29) is 10.6 Å². The van der Waals surface area contributed by atoms with Gasteiger partial charge in [-0.15, -0.1) is 0 Å². The molecule has 1 saturated heterocycles. The molecule has 0 aliphatic carbocycles.